The fourth-order valence-corrected chi connectivity index (χ4v) is 2.78. The average Bonchev–Trinajstić information content (AvgIpc) is 2.84. The molecule has 20 heavy (non-hydrogen) atoms. The molecule has 2 atom stereocenters. The Bertz CT molecular complexity index is 595. The third-order valence-electron chi connectivity index (χ3n) is 4.02. The van der Waals surface area contributed by atoms with Gasteiger partial charge in [0.05, 0.1) is 24.1 Å². The highest BCUT2D eigenvalue weighted by atomic mass is 19.3. The molecule has 1 aliphatic carbocycles. The second-order valence-corrected chi connectivity index (χ2v) is 5.10. The van der Waals surface area contributed by atoms with Gasteiger partial charge in [0.15, 0.2) is 0 Å². The molecule has 0 bridgehead atoms. The van der Waals surface area contributed by atoms with Crippen LogP contribution in [-0.4, -0.2) is 24.0 Å². The summed E-state index contributed by atoms with van der Waals surface area (Å²) in [6.45, 7) is 4.57. The molecule has 1 aliphatic heterocycles. The second kappa shape index (κ2) is 4.45. The first kappa shape index (κ1) is 12.9. The molecule has 0 amide bonds. The van der Waals surface area contributed by atoms with Crippen molar-refractivity contribution in [2.45, 2.75) is 12.5 Å². The van der Waals surface area contributed by atoms with E-state index in [2.05, 4.69) is 21.6 Å². The molecule has 3 rings (SSSR count). The Labute approximate surface area is 114 Å². The summed E-state index contributed by atoms with van der Waals surface area (Å²) in [5.74, 6) is -2.87. The van der Waals surface area contributed by atoms with Crippen LogP contribution >= 0.6 is 0 Å². The zero-order valence-electron chi connectivity index (χ0n) is 10.7. The lowest BCUT2D eigenvalue weighted by atomic mass is 10.2. The third-order valence-corrected chi connectivity index (χ3v) is 4.02. The lowest BCUT2D eigenvalue weighted by Gasteiger charge is -2.21. The van der Waals surface area contributed by atoms with Crippen molar-refractivity contribution in [3.63, 3.8) is 0 Å². The predicted octanol–water partition coefficient (Wildman–Crippen LogP) is 3.24. The topological polar surface area (TPSA) is 64.9 Å². The summed E-state index contributed by atoms with van der Waals surface area (Å²) in [6.07, 6.45) is 1.58. The molecule has 2 heterocycles. The fraction of sp³-hybridized carbons (Fsp3) is 0.462. The Hall–Kier alpha value is -2.14. The van der Waals surface area contributed by atoms with Crippen LogP contribution < -0.4 is 4.90 Å². The number of piperidine rings is 1. The number of azide groups is 1. The first-order valence-electron chi connectivity index (χ1n) is 6.34. The van der Waals surface area contributed by atoms with Gasteiger partial charge in [-0.2, -0.15) is 0 Å². The molecule has 1 aromatic rings. The van der Waals surface area contributed by atoms with Gasteiger partial charge in [-0.3, -0.25) is 0 Å². The van der Waals surface area contributed by atoms with Gasteiger partial charge in [-0.1, -0.05) is 17.8 Å². The van der Waals surface area contributed by atoms with Gasteiger partial charge in [0.2, 0.25) is 0 Å². The van der Waals surface area contributed by atoms with Crippen molar-refractivity contribution in [1.29, 1.82) is 0 Å². The monoisotopic (exact) mass is 277 g/mol. The van der Waals surface area contributed by atoms with Crippen LogP contribution in [0, 0.1) is 11.8 Å². The van der Waals surface area contributed by atoms with Crippen molar-refractivity contribution < 1.29 is 8.78 Å². The summed E-state index contributed by atoms with van der Waals surface area (Å²) < 4.78 is 26.3. The zero-order chi connectivity index (χ0) is 14.3. The van der Waals surface area contributed by atoms with Gasteiger partial charge in [0.1, 0.15) is 5.82 Å². The minimum atomic E-state index is -2.49. The molecule has 0 N–H and O–H groups in total. The third kappa shape index (κ3) is 1.91. The molecule has 7 heteroatoms. The number of nitrogens with zero attached hydrogens (tertiary/aromatic N) is 5. The van der Waals surface area contributed by atoms with Gasteiger partial charge in [-0.25, -0.2) is 13.8 Å². The van der Waals surface area contributed by atoms with Gasteiger partial charge >= 0.3 is 0 Å². The van der Waals surface area contributed by atoms with Gasteiger partial charge in [-0.15, -0.1) is 0 Å². The SMILES string of the molecule is C=Cc1nc(N2CC3C(C2)C3(F)F)ccc1CN=[N+]=[N-]. The van der Waals surface area contributed by atoms with Crippen molar-refractivity contribution in [2.24, 2.45) is 17.0 Å². The fourth-order valence-electron chi connectivity index (χ4n) is 2.78. The molecule has 104 valence electrons. The van der Waals surface area contributed by atoms with Crippen LogP contribution in [0.4, 0.5) is 14.6 Å². The van der Waals surface area contributed by atoms with Gasteiger partial charge in [0, 0.05) is 18.0 Å². The number of halogens is 2. The number of alkyl halides is 2. The molecular weight excluding hydrogens is 264 g/mol. The first-order chi connectivity index (χ1) is 9.57. The van der Waals surface area contributed by atoms with Crippen LogP contribution in [0.15, 0.2) is 23.8 Å². The van der Waals surface area contributed by atoms with E-state index in [9.17, 15) is 8.78 Å². The molecule has 2 aliphatic rings. The van der Waals surface area contributed by atoms with Crippen molar-refractivity contribution in [3.8, 4) is 0 Å². The molecule has 0 radical (unpaired) electrons. The highest BCUT2D eigenvalue weighted by Gasteiger charge is 2.71. The van der Waals surface area contributed by atoms with E-state index >= 15 is 0 Å². The number of pyridine rings is 1. The number of aromatic nitrogens is 1. The Kier molecular flexibility index (Phi) is 2.87. The van der Waals surface area contributed by atoms with Gasteiger partial charge in [-0.05, 0) is 23.2 Å². The van der Waals surface area contributed by atoms with Gasteiger partial charge in [0.25, 0.3) is 5.92 Å². The largest absolute Gasteiger partial charge is 0.356 e. The molecular formula is C13H13F2N5. The Morgan fingerprint density at radius 3 is 2.80 bits per heavy atom. The summed E-state index contributed by atoms with van der Waals surface area (Å²) in [4.78, 5) is 8.99. The quantitative estimate of drug-likeness (QED) is 0.481. The summed E-state index contributed by atoms with van der Waals surface area (Å²) in [7, 11) is 0. The molecule has 1 saturated carbocycles. The summed E-state index contributed by atoms with van der Waals surface area (Å²) >= 11 is 0. The molecule has 2 fully saturated rings. The van der Waals surface area contributed by atoms with Crippen LogP contribution in [-0.2, 0) is 6.54 Å². The van der Waals surface area contributed by atoms with E-state index < -0.39 is 17.8 Å². The normalized spacial score (nSPS) is 25.8. The average molecular weight is 277 g/mol. The number of hydrogen-bond donors (Lipinski definition) is 0. The van der Waals surface area contributed by atoms with Crippen molar-refractivity contribution >= 4 is 11.9 Å². The van der Waals surface area contributed by atoms with Gasteiger partial charge < -0.3 is 4.90 Å². The maximum atomic E-state index is 13.2. The lowest BCUT2D eigenvalue weighted by Crippen LogP contribution is -2.28. The van der Waals surface area contributed by atoms with E-state index in [0.717, 1.165) is 5.56 Å². The van der Waals surface area contributed by atoms with Crippen LogP contribution in [0.2, 0.25) is 0 Å². The summed E-state index contributed by atoms with van der Waals surface area (Å²) in [5, 5.41) is 3.50. The predicted molar refractivity (Wildman–Crippen MR) is 71.3 cm³/mol. The summed E-state index contributed by atoms with van der Waals surface area (Å²) in [5.41, 5.74) is 9.74. The maximum Gasteiger partial charge on any atom is 0.258 e. The molecule has 1 aromatic heterocycles. The van der Waals surface area contributed by atoms with E-state index in [1.807, 2.05) is 4.90 Å². The highest BCUT2D eigenvalue weighted by molar-refractivity contribution is 5.54. The minimum Gasteiger partial charge on any atom is -0.356 e. The number of anilines is 1. The van der Waals surface area contributed by atoms with E-state index in [4.69, 9.17) is 5.53 Å². The van der Waals surface area contributed by atoms with E-state index in [0.29, 0.717) is 24.6 Å². The smallest absolute Gasteiger partial charge is 0.258 e. The molecule has 0 aromatic carbocycles. The molecule has 5 nitrogen and oxygen atoms in total. The number of hydrogen-bond acceptors (Lipinski definition) is 3. The minimum absolute atomic E-state index is 0.203. The standard InChI is InChI=1S/C13H13F2N5/c1-2-11-8(5-17-19-16)3-4-12(18-11)20-6-9-10(7-20)13(9,14)15/h2-4,9-10H,1,5-7H2. The van der Waals surface area contributed by atoms with Crippen LogP contribution in [0.25, 0.3) is 16.5 Å². The number of fused-ring (bicyclic) bond motifs is 1. The lowest BCUT2D eigenvalue weighted by molar-refractivity contribution is 0.0797. The zero-order valence-corrected chi connectivity index (χ0v) is 10.7. The van der Waals surface area contributed by atoms with E-state index in [1.165, 1.54) is 0 Å². The highest BCUT2D eigenvalue weighted by Crippen LogP contribution is 2.59. The Morgan fingerprint density at radius 1 is 1.50 bits per heavy atom. The molecule has 0 spiro atoms. The Balaban J connectivity index is 1.79. The van der Waals surface area contributed by atoms with Crippen molar-refractivity contribution in [3.05, 3.63) is 40.4 Å². The first-order valence-corrected chi connectivity index (χ1v) is 6.34. The number of rotatable bonds is 4. The van der Waals surface area contributed by atoms with Crippen LogP contribution in [0.1, 0.15) is 11.3 Å². The summed E-state index contributed by atoms with van der Waals surface area (Å²) in [6, 6.07) is 3.58. The Morgan fingerprint density at radius 2 is 2.20 bits per heavy atom. The molecule has 2 unspecified atom stereocenters. The van der Waals surface area contributed by atoms with E-state index in [1.54, 1.807) is 18.2 Å². The second-order valence-electron chi connectivity index (χ2n) is 5.10. The van der Waals surface area contributed by atoms with E-state index in [-0.39, 0.29) is 6.54 Å². The van der Waals surface area contributed by atoms with Crippen LogP contribution in [0.3, 0.4) is 0 Å². The van der Waals surface area contributed by atoms with Crippen molar-refractivity contribution in [1.82, 2.24) is 4.98 Å². The van der Waals surface area contributed by atoms with Crippen molar-refractivity contribution in [2.75, 3.05) is 18.0 Å². The van der Waals surface area contributed by atoms with Crippen LogP contribution in [0.5, 0.6) is 0 Å². The molecule has 1 saturated heterocycles. The maximum absolute atomic E-state index is 13.2.